The molecule has 1 saturated heterocycles. The van der Waals surface area contributed by atoms with Crippen LogP contribution >= 0.6 is 15.9 Å². The van der Waals surface area contributed by atoms with E-state index in [1.54, 1.807) is 7.11 Å². The summed E-state index contributed by atoms with van der Waals surface area (Å²) in [7, 11) is 1.61. The Morgan fingerprint density at radius 3 is 2.78 bits per heavy atom. The molecule has 1 heterocycles. The van der Waals surface area contributed by atoms with Gasteiger partial charge in [-0.3, -0.25) is 4.79 Å². The van der Waals surface area contributed by atoms with E-state index >= 15 is 0 Å². The summed E-state index contributed by atoms with van der Waals surface area (Å²) in [5.74, 6) is 1.24. The Balaban J connectivity index is 2.03. The number of methoxy groups -OCH3 is 1. The van der Waals surface area contributed by atoms with Crippen LogP contribution in [0.5, 0.6) is 5.75 Å². The average molecular weight is 313 g/mol. The van der Waals surface area contributed by atoms with Crippen molar-refractivity contribution in [3.8, 4) is 5.75 Å². The van der Waals surface area contributed by atoms with Gasteiger partial charge in [0, 0.05) is 22.1 Å². The Hall–Kier alpha value is -1.07. The van der Waals surface area contributed by atoms with Gasteiger partial charge in [0.15, 0.2) is 0 Å². The third-order valence-corrected chi connectivity index (χ3v) is 3.77. The molecule has 1 aromatic carbocycles. The molecule has 1 fully saturated rings. The van der Waals surface area contributed by atoms with E-state index in [1.807, 2.05) is 25.1 Å². The van der Waals surface area contributed by atoms with Gasteiger partial charge in [-0.05, 0) is 31.1 Å². The molecule has 4 nitrogen and oxygen atoms in total. The molecule has 0 bridgehead atoms. The molecule has 0 aliphatic carbocycles. The molecule has 1 atom stereocenters. The summed E-state index contributed by atoms with van der Waals surface area (Å²) >= 11 is 3.39. The molecule has 2 N–H and O–H groups in total. The van der Waals surface area contributed by atoms with E-state index in [0.29, 0.717) is 5.92 Å². The summed E-state index contributed by atoms with van der Waals surface area (Å²) in [6.07, 6.45) is 0. The van der Waals surface area contributed by atoms with Gasteiger partial charge in [0.1, 0.15) is 5.75 Å². The van der Waals surface area contributed by atoms with Crippen LogP contribution in [0.4, 0.5) is 5.69 Å². The first-order valence-electron chi connectivity index (χ1n) is 5.96. The van der Waals surface area contributed by atoms with Gasteiger partial charge in [0.2, 0.25) is 5.91 Å². The van der Waals surface area contributed by atoms with Gasteiger partial charge >= 0.3 is 0 Å². The predicted octanol–water partition coefficient (Wildman–Crippen LogP) is 2.25. The third kappa shape index (κ3) is 3.03. The molecule has 0 spiro atoms. The van der Waals surface area contributed by atoms with Crippen LogP contribution in [0, 0.1) is 11.8 Å². The number of amides is 1. The van der Waals surface area contributed by atoms with E-state index in [4.69, 9.17) is 4.74 Å². The SMILES string of the molecule is COc1cc(Br)cc(NC(=O)C(C)C2CNC2)c1. The highest BCUT2D eigenvalue weighted by atomic mass is 79.9. The van der Waals surface area contributed by atoms with Crippen LogP contribution in [0.15, 0.2) is 22.7 Å². The number of rotatable bonds is 4. The molecule has 0 aromatic heterocycles. The molecule has 1 aliphatic heterocycles. The molecule has 98 valence electrons. The fourth-order valence-corrected chi connectivity index (χ4v) is 2.36. The Bertz CT molecular complexity index is 447. The first-order valence-corrected chi connectivity index (χ1v) is 6.75. The zero-order chi connectivity index (χ0) is 13.1. The minimum atomic E-state index is 0.0243. The number of carbonyl (C=O) groups is 1. The van der Waals surface area contributed by atoms with E-state index in [9.17, 15) is 4.79 Å². The van der Waals surface area contributed by atoms with E-state index in [-0.39, 0.29) is 11.8 Å². The van der Waals surface area contributed by atoms with Gasteiger partial charge in [-0.15, -0.1) is 0 Å². The molecule has 2 rings (SSSR count). The van der Waals surface area contributed by atoms with E-state index in [2.05, 4.69) is 26.6 Å². The fraction of sp³-hybridized carbons (Fsp3) is 0.462. The average Bonchev–Trinajstić information content (AvgIpc) is 2.25. The van der Waals surface area contributed by atoms with Crippen molar-refractivity contribution in [2.75, 3.05) is 25.5 Å². The highest BCUT2D eigenvalue weighted by Crippen LogP contribution is 2.25. The van der Waals surface area contributed by atoms with Gasteiger partial charge < -0.3 is 15.4 Å². The molecule has 1 unspecified atom stereocenters. The molecule has 18 heavy (non-hydrogen) atoms. The van der Waals surface area contributed by atoms with Crippen LogP contribution in [0.25, 0.3) is 0 Å². The van der Waals surface area contributed by atoms with Crippen molar-refractivity contribution in [3.63, 3.8) is 0 Å². The van der Waals surface area contributed by atoms with E-state index < -0.39 is 0 Å². The second-order valence-corrected chi connectivity index (χ2v) is 5.49. The van der Waals surface area contributed by atoms with Crippen molar-refractivity contribution < 1.29 is 9.53 Å². The summed E-state index contributed by atoms with van der Waals surface area (Å²) < 4.78 is 6.05. The minimum absolute atomic E-state index is 0.0243. The van der Waals surface area contributed by atoms with Crippen LogP contribution in [0.1, 0.15) is 6.92 Å². The Morgan fingerprint density at radius 2 is 2.22 bits per heavy atom. The third-order valence-electron chi connectivity index (χ3n) is 3.31. The predicted molar refractivity (Wildman–Crippen MR) is 74.8 cm³/mol. The second-order valence-electron chi connectivity index (χ2n) is 4.58. The molecule has 1 aromatic rings. The van der Waals surface area contributed by atoms with Crippen molar-refractivity contribution in [3.05, 3.63) is 22.7 Å². The quantitative estimate of drug-likeness (QED) is 0.896. The van der Waals surface area contributed by atoms with Gasteiger partial charge in [-0.1, -0.05) is 22.9 Å². The summed E-state index contributed by atoms with van der Waals surface area (Å²) in [6, 6.07) is 5.54. The summed E-state index contributed by atoms with van der Waals surface area (Å²) in [4.78, 5) is 12.1. The Morgan fingerprint density at radius 1 is 1.50 bits per heavy atom. The van der Waals surface area contributed by atoms with Gasteiger partial charge in [-0.2, -0.15) is 0 Å². The van der Waals surface area contributed by atoms with Crippen molar-refractivity contribution in [2.24, 2.45) is 11.8 Å². The summed E-state index contributed by atoms with van der Waals surface area (Å²) in [6.45, 7) is 3.82. The maximum atomic E-state index is 12.1. The fourth-order valence-electron chi connectivity index (χ4n) is 1.89. The maximum absolute atomic E-state index is 12.1. The highest BCUT2D eigenvalue weighted by Gasteiger charge is 2.28. The molecule has 1 aliphatic rings. The molecule has 0 saturated carbocycles. The van der Waals surface area contributed by atoms with E-state index in [0.717, 1.165) is 29.0 Å². The van der Waals surface area contributed by atoms with Crippen molar-refractivity contribution >= 4 is 27.5 Å². The van der Waals surface area contributed by atoms with E-state index in [1.165, 1.54) is 0 Å². The van der Waals surface area contributed by atoms with Crippen LogP contribution in [0.3, 0.4) is 0 Å². The monoisotopic (exact) mass is 312 g/mol. The number of hydrogen-bond donors (Lipinski definition) is 2. The normalized spacial score (nSPS) is 16.8. The Labute approximate surface area is 115 Å². The first-order chi connectivity index (χ1) is 8.60. The second kappa shape index (κ2) is 5.71. The molecule has 1 amide bonds. The lowest BCUT2D eigenvalue weighted by Crippen LogP contribution is -2.48. The van der Waals surface area contributed by atoms with Crippen molar-refractivity contribution in [1.29, 1.82) is 0 Å². The van der Waals surface area contributed by atoms with Crippen LogP contribution in [-0.4, -0.2) is 26.1 Å². The summed E-state index contributed by atoms with van der Waals surface area (Å²) in [5.41, 5.74) is 0.755. The lowest BCUT2D eigenvalue weighted by Gasteiger charge is -2.31. The number of hydrogen-bond acceptors (Lipinski definition) is 3. The zero-order valence-electron chi connectivity index (χ0n) is 10.5. The van der Waals surface area contributed by atoms with Crippen LogP contribution in [0.2, 0.25) is 0 Å². The molecule has 0 radical (unpaired) electrons. The number of halogens is 1. The lowest BCUT2D eigenvalue weighted by molar-refractivity contribution is -0.121. The topological polar surface area (TPSA) is 50.4 Å². The van der Waals surface area contributed by atoms with Crippen molar-refractivity contribution in [2.45, 2.75) is 6.92 Å². The highest BCUT2D eigenvalue weighted by molar-refractivity contribution is 9.10. The van der Waals surface area contributed by atoms with Gasteiger partial charge in [0.05, 0.1) is 7.11 Å². The molecular formula is C13H17BrN2O2. The van der Waals surface area contributed by atoms with Crippen LogP contribution in [-0.2, 0) is 4.79 Å². The number of anilines is 1. The lowest BCUT2D eigenvalue weighted by atomic mass is 9.88. The zero-order valence-corrected chi connectivity index (χ0v) is 12.1. The molecule has 5 heteroatoms. The molecular weight excluding hydrogens is 296 g/mol. The minimum Gasteiger partial charge on any atom is -0.497 e. The standard InChI is InChI=1S/C13H17BrN2O2/c1-8(9-6-15-7-9)13(17)16-11-3-10(14)4-12(5-11)18-2/h3-5,8-9,15H,6-7H2,1-2H3,(H,16,17). The number of nitrogens with one attached hydrogen (secondary N) is 2. The first kappa shape index (κ1) is 13.4. The Kier molecular flexibility index (Phi) is 4.24. The smallest absolute Gasteiger partial charge is 0.227 e. The number of ether oxygens (including phenoxy) is 1. The number of carbonyl (C=O) groups excluding carboxylic acids is 1. The van der Waals surface area contributed by atoms with Crippen molar-refractivity contribution in [1.82, 2.24) is 5.32 Å². The van der Waals surface area contributed by atoms with Gasteiger partial charge in [0.25, 0.3) is 0 Å². The van der Waals surface area contributed by atoms with Crippen LogP contribution < -0.4 is 15.4 Å². The van der Waals surface area contributed by atoms with Gasteiger partial charge in [-0.25, -0.2) is 0 Å². The summed E-state index contributed by atoms with van der Waals surface area (Å²) in [5, 5.41) is 6.11. The number of benzene rings is 1. The maximum Gasteiger partial charge on any atom is 0.227 e. The largest absolute Gasteiger partial charge is 0.497 e.